The standard InChI is InChI=1S/C16H21F2N3O3/c1-9-7-13(24-15(17)18)10(2)6-12(9)20-16(23)21-5-3-4-11(8-21)14(19)22/h6-7,11,15H,3-5,8H2,1-2H3,(H2,19,22)(H,20,23)/t11-/m1/s1. The van der Waals surface area contributed by atoms with Crippen molar-refractivity contribution in [1.82, 2.24) is 4.90 Å². The van der Waals surface area contributed by atoms with E-state index in [4.69, 9.17) is 5.73 Å². The van der Waals surface area contributed by atoms with Gasteiger partial charge < -0.3 is 20.7 Å². The molecule has 1 aromatic rings. The van der Waals surface area contributed by atoms with Gasteiger partial charge in [0.05, 0.1) is 5.92 Å². The van der Waals surface area contributed by atoms with Gasteiger partial charge in [-0.1, -0.05) is 0 Å². The molecular weight excluding hydrogens is 320 g/mol. The molecule has 0 saturated carbocycles. The second-order valence-corrected chi connectivity index (χ2v) is 5.93. The minimum atomic E-state index is -2.90. The smallest absolute Gasteiger partial charge is 0.387 e. The van der Waals surface area contributed by atoms with Gasteiger partial charge in [0, 0.05) is 18.8 Å². The van der Waals surface area contributed by atoms with Crippen molar-refractivity contribution in [1.29, 1.82) is 0 Å². The van der Waals surface area contributed by atoms with Crippen LogP contribution in [-0.4, -0.2) is 36.5 Å². The third-order valence-electron chi connectivity index (χ3n) is 4.09. The first kappa shape index (κ1) is 18.0. The monoisotopic (exact) mass is 341 g/mol. The third-order valence-corrected chi connectivity index (χ3v) is 4.09. The number of carbonyl (C=O) groups excluding carboxylic acids is 2. The molecule has 1 aliphatic rings. The van der Waals surface area contributed by atoms with Crippen LogP contribution >= 0.6 is 0 Å². The number of nitrogens with one attached hydrogen (secondary N) is 1. The molecule has 0 unspecified atom stereocenters. The minimum Gasteiger partial charge on any atom is -0.435 e. The molecule has 3 amide bonds. The van der Waals surface area contributed by atoms with Crippen LogP contribution in [0.5, 0.6) is 5.75 Å². The van der Waals surface area contributed by atoms with Crippen LogP contribution in [0.25, 0.3) is 0 Å². The SMILES string of the molecule is Cc1cc(OC(F)F)c(C)cc1NC(=O)N1CCC[C@@H](C(N)=O)C1. The van der Waals surface area contributed by atoms with Crippen LogP contribution in [0.3, 0.4) is 0 Å². The van der Waals surface area contributed by atoms with Crippen LogP contribution in [0.1, 0.15) is 24.0 Å². The van der Waals surface area contributed by atoms with E-state index in [1.54, 1.807) is 19.9 Å². The molecule has 1 fully saturated rings. The quantitative estimate of drug-likeness (QED) is 0.883. The highest BCUT2D eigenvalue weighted by Crippen LogP contribution is 2.28. The van der Waals surface area contributed by atoms with Gasteiger partial charge in [-0.15, -0.1) is 0 Å². The number of primary amides is 1. The average molecular weight is 341 g/mol. The van der Waals surface area contributed by atoms with Crippen LogP contribution in [0.2, 0.25) is 0 Å². The third kappa shape index (κ3) is 4.33. The molecule has 1 aliphatic heterocycles. The van der Waals surface area contributed by atoms with Gasteiger partial charge in [0.25, 0.3) is 0 Å². The molecule has 132 valence electrons. The zero-order valence-electron chi connectivity index (χ0n) is 13.6. The van der Waals surface area contributed by atoms with E-state index in [-0.39, 0.29) is 24.2 Å². The lowest BCUT2D eigenvalue weighted by Gasteiger charge is -2.31. The normalized spacial score (nSPS) is 17.7. The molecule has 0 bridgehead atoms. The Kier molecular flexibility index (Phi) is 5.58. The van der Waals surface area contributed by atoms with Gasteiger partial charge >= 0.3 is 12.6 Å². The molecule has 1 saturated heterocycles. The Hall–Kier alpha value is -2.38. The van der Waals surface area contributed by atoms with Gasteiger partial charge in [-0.25, -0.2) is 4.79 Å². The van der Waals surface area contributed by atoms with Gasteiger partial charge in [-0.3, -0.25) is 4.79 Å². The summed E-state index contributed by atoms with van der Waals surface area (Å²) in [6, 6.07) is 2.70. The zero-order chi connectivity index (χ0) is 17.9. The van der Waals surface area contributed by atoms with Gasteiger partial charge in [-0.05, 0) is 49.9 Å². The fourth-order valence-electron chi connectivity index (χ4n) is 2.74. The van der Waals surface area contributed by atoms with Gasteiger partial charge in [0.15, 0.2) is 0 Å². The summed E-state index contributed by atoms with van der Waals surface area (Å²) in [6.07, 6.45) is 1.39. The highest BCUT2D eigenvalue weighted by atomic mass is 19.3. The lowest BCUT2D eigenvalue weighted by Crippen LogP contribution is -2.45. The number of anilines is 1. The Morgan fingerprint density at radius 1 is 1.33 bits per heavy atom. The van der Waals surface area contributed by atoms with Crippen molar-refractivity contribution in [2.24, 2.45) is 11.7 Å². The molecule has 0 aliphatic carbocycles. The summed E-state index contributed by atoms with van der Waals surface area (Å²) in [5, 5.41) is 2.75. The average Bonchev–Trinajstić information content (AvgIpc) is 2.51. The number of benzene rings is 1. The number of halogens is 2. The first-order valence-corrected chi connectivity index (χ1v) is 7.69. The Morgan fingerprint density at radius 2 is 2.04 bits per heavy atom. The molecule has 1 atom stereocenters. The Bertz CT molecular complexity index is 637. The van der Waals surface area contributed by atoms with E-state index in [9.17, 15) is 18.4 Å². The molecule has 24 heavy (non-hydrogen) atoms. The topological polar surface area (TPSA) is 84.7 Å². The molecule has 1 heterocycles. The summed E-state index contributed by atoms with van der Waals surface area (Å²) in [6.45, 7) is 1.24. The van der Waals surface area contributed by atoms with Gasteiger partial charge in [-0.2, -0.15) is 8.78 Å². The van der Waals surface area contributed by atoms with Crippen molar-refractivity contribution in [3.05, 3.63) is 23.3 Å². The maximum Gasteiger partial charge on any atom is 0.387 e. The molecule has 1 aromatic carbocycles. The maximum atomic E-state index is 12.4. The highest BCUT2D eigenvalue weighted by molar-refractivity contribution is 5.91. The second kappa shape index (κ2) is 7.46. The highest BCUT2D eigenvalue weighted by Gasteiger charge is 2.27. The number of nitrogens with zero attached hydrogens (tertiary/aromatic N) is 1. The predicted octanol–water partition coefficient (Wildman–Crippen LogP) is 2.63. The fourth-order valence-corrected chi connectivity index (χ4v) is 2.74. The van der Waals surface area contributed by atoms with E-state index in [0.717, 1.165) is 0 Å². The first-order chi connectivity index (χ1) is 11.3. The number of nitrogens with two attached hydrogens (primary N) is 1. The molecule has 3 N–H and O–H groups in total. The fraction of sp³-hybridized carbons (Fsp3) is 0.500. The lowest BCUT2D eigenvalue weighted by atomic mass is 9.98. The number of ether oxygens (including phenoxy) is 1. The number of hydrogen-bond donors (Lipinski definition) is 2. The Balaban J connectivity index is 2.08. The van der Waals surface area contributed by atoms with Crippen molar-refractivity contribution < 1.29 is 23.1 Å². The summed E-state index contributed by atoms with van der Waals surface area (Å²) in [5.41, 5.74) is 6.92. The summed E-state index contributed by atoms with van der Waals surface area (Å²) in [7, 11) is 0. The van der Waals surface area contributed by atoms with Crippen molar-refractivity contribution in [2.45, 2.75) is 33.3 Å². The number of carbonyl (C=O) groups is 2. The van der Waals surface area contributed by atoms with Crippen molar-refractivity contribution >= 4 is 17.6 Å². The summed E-state index contributed by atoms with van der Waals surface area (Å²) < 4.78 is 29.1. The zero-order valence-corrected chi connectivity index (χ0v) is 13.6. The van der Waals surface area contributed by atoms with E-state index < -0.39 is 12.5 Å². The first-order valence-electron chi connectivity index (χ1n) is 7.69. The molecular formula is C16H21F2N3O3. The number of rotatable bonds is 4. The number of piperidine rings is 1. The summed E-state index contributed by atoms with van der Waals surface area (Å²) in [5.74, 6) is -0.672. The van der Waals surface area contributed by atoms with Crippen LogP contribution in [-0.2, 0) is 4.79 Å². The van der Waals surface area contributed by atoms with Crippen LogP contribution in [0.15, 0.2) is 12.1 Å². The maximum absolute atomic E-state index is 12.4. The Morgan fingerprint density at radius 3 is 2.67 bits per heavy atom. The summed E-state index contributed by atoms with van der Waals surface area (Å²) >= 11 is 0. The molecule has 0 aromatic heterocycles. The number of likely N-dealkylation sites (tertiary alicyclic amines) is 1. The van der Waals surface area contributed by atoms with Crippen molar-refractivity contribution in [3.8, 4) is 5.75 Å². The minimum absolute atomic E-state index is 0.0762. The number of urea groups is 1. The van der Waals surface area contributed by atoms with Crippen molar-refractivity contribution in [3.63, 3.8) is 0 Å². The number of hydrogen-bond acceptors (Lipinski definition) is 3. The molecule has 0 radical (unpaired) electrons. The van der Waals surface area contributed by atoms with Crippen molar-refractivity contribution in [2.75, 3.05) is 18.4 Å². The second-order valence-electron chi connectivity index (χ2n) is 5.93. The molecule has 8 heteroatoms. The molecule has 2 rings (SSSR count). The van der Waals surface area contributed by atoms with E-state index in [2.05, 4.69) is 10.1 Å². The van der Waals surface area contributed by atoms with Gasteiger partial charge in [0.1, 0.15) is 5.75 Å². The van der Waals surface area contributed by atoms with Crippen LogP contribution in [0.4, 0.5) is 19.3 Å². The number of amides is 3. The predicted molar refractivity (Wildman–Crippen MR) is 85.1 cm³/mol. The molecule has 0 spiro atoms. The van der Waals surface area contributed by atoms with Gasteiger partial charge in [0.2, 0.25) is 5.91 Å². The van der Waals surface area contributed by atoms with E-state index in [1.807, 2.05) is 0 Å². The largest absolute Gasteiger partial charge is 0.435 e. The van der Waals surface area contributed by atoms with Crippen LogP contribution < -0.4 is 15.8 Å². The van der Waals surface area contributed by atoms with E-state index in [1.165, 1.54) is 11.0 Å². The lowest BCUT2D eigenvalue weighted by molar-refractivity contribution is -0.123. The number of alkyl halides is 2. The van der Waals surface area contributed by atoms with E-state index in [0.29, 0.717) is 36.2 Å². The molecule has 6 nitrogen and oxygen atoms in total. The van der Waals surface area contributed by atoms with E-state index >= 15 is 0 Å². The van der Waals surface area contributed by atoms with Crippen LogP contribution in [0, 0.1) is 19.8 Å². The summed E-state index contributed by atoms with van der Waals surface area (Å²) in [4.78, 5) is 25.2. The number of aryl methyl sites for hydroxylation is 2. The Labute approximate surface area is 138 Å².